The van der Waals surface area contributed by atoms with E-state index < -0.39 is 5.12 Å². The van der Waals surface area contributed by atoms with Crippen LogP contribution in [-0.2, 0) is 0 Å². The fourth-order valence-corrected chi connectivity index (χ4v) is 1.65. The summed E-state index contributed by atoms with van der Waals surface area (Å²) in [6.45, 7) is 1.76. The zero-order chi connectivity index (χ0) is 12.1. The van der Waals surface area contributed by atoms with E-state index in [2.05, 4.69) is 12.6 Å². The molecule has 2 rings (SSSR count). The minimum absolute atomic E-state index is 0.723. The molecule has 0 unspecified atom stereocenters. The predicted molar refractivity (Wildman–Crippen MR) is 71.5 cm³/mol. The Kier molecular flexibility index (Phi) is 3.59. The standard InChI is InChI=1S/C14H14O2S/c1-14(17,15-12-8-4-2-5-9-12)16-13-10-6-3-7-11-13/h2-11,17H,1H3. The van der Waals surface area contributed by atoms with E-state index in [9.17, 15) is 0 Å². The summed E-state index contributed by atoms with van der Waals surface area (Å²) < 4.78 is 11.3. The molecule has 0 fully saturated rings. The molecule has 0 radical (unpaired) electrons. The minimum Gasteiger partial charge on any atom is -0.444 e. The molecule has 0 aliphatic rings. The van der Waals surface area contributed by atoms with Gasteiger partial charge in [-0.15, -0.1) is 0 Å². The first kappa shape index (κ1) is 11.9. The third kappa shape index (κ3) is 3.71. The molecule has 0 bridgehead atoms. The fourth-order valence-electron chi connectivity index (χ4n) is 1.44. The lowest BCUT2D eigenvalue weighted by molar-refractivity contribution is -0.0107. The lowest BCUT2D eigenvalue weighted by Gasteiger charge is -2.26. The molecule has 3 heteroatoms. The van der Waals surface area contributed by atoms with Crippen molar-refractivity contribution in [3.63, 3.8) is 0 Å². The topological polar surface area (TPSA) is 18.5 Å². The van der Waals surface area contributed by atoms with Gasteiger partial charge >= 0.3 is 0 Å². The van der Waals surface area contributed by atoms with Crippen LogP contribution >= 0.6 is 12.6 Å². The van der Waals surface area contributed by atoms with Crippen molar-refractivity contribution in [1.29, 1.82) is 0 Å². The van der Waals surface area contributed by atoms with Crippen LogP contribution in [0.1, 0.15) is 6.92 Å². The van der Waals surface area contributed by atoms with E-state index in [1.54, 1.807) is 6.92 Å². The van der Waals surface area contributed by atoms with Crippen LogP contribution < -0.4 is 9.47 Å². The molecule has 0 amide bonds. The van der Waals surface area contributed by atoms with Crippen molar-refractivity contribution in [3.05, 3.63) is 60.7 Å². The zero-order valence-electron chi connectivity index (χ0n) is 9.54. The maximum absolute atomic E-state index is 5.65. The average Bonchev–Trinajstić information content (AvgIpc) is 2.30. The number of ether oxygens (including phenoxy) is 2. The van der Waals surface area contributed by atoms with E-state index in [0.29, 0.717) is 0 Å². The third-order valence-electron chi connectivity index (χ3n) is 2.10. The second-order valence-electron chi connectivity index (χ2n) is 3.73. The van der Waals surface area contributed by atoms with Gasteiger partial charge in [0.2, 0.25) is 0 Å². The molecule has 0 saturated carbocycles. The molecule has 0 spiro atoms. The predicted octanol–water partition coefficient (Wildman–Crippen LogP) is 3.75. The van der Waals surface area contributed by atoms with Gasteiger partial charge < -0.3 is 9.47 Å². The van der Waals surface area contributed by atoms with Crippen LogP contribution in [0.2, 0.25) is 0 Å². The fraction of sp³-hybridized carbons (Fsp3) is 0.143. The third-order valence-corrected chi connectivity index (χ3v) is 2.28. The lowest BCUT2D eigenvalue weighted by atomic mass is 10.3. The first-order chi connectivity index (χ1) is 8.16. The molecule has 0 aliphatic carbocycles. The largest absolute Gasteiger partial charge is 0.444 e. The number of hydrogen-bond donors (Lipinski definition) is 1. The highest BCUT2D eigenvalue weighted by atomic mass is 32.1. The van der Waals surface area contributed by atoms with E-state index in [1.165, 1.54) is 0 Å². The molecular weight excluding hydrogens is 232 g/mol. The Morgan fingerprint density at radius 2 is 1.12 bits per heavy atom. The van der Waals surface area contributed by atoms with E-state index in [-0.39, 0.29) is 0 Å². The maximum Gasteiger partial charge on any atom is 0.295 e. The molecule has 0 aromatic heterocycles. The summed E-state index contributed by atoms with van der Waals surface area (Å²) in [5, 5.41) is -0.997. The lowest BCUT2D eigenvalue weighted by Crippen LogP contribution is -2.32. The minimum atomic E-state index is -0.997. The van der Waals surface area contributed by atoms with E-state index in [0.717, 1.165) is 11.5 Å². The molecule has 17 heavy (non-hydrogen) atoms. The first-order valence-corrected chi connectivity index (χ1v) is 5.81. The molecule has 2 aromatic carbocycles. The Balaban J connectivity index is 2.04. The van der Waals surface area contributed by atoms with Crippen LogP contribution in [0.15, 0.2) is 60.7 Å². The van der Waals surface area contributed by atoms with Crippen molar-refractivity contribution in [2.75, 3.05) is 0 Å². The van der Waals surface area contributed by atoms with Crippen LogP contribution in [0.4, 0.5) is 0 Å². The van der Waals surface area contributed by atoms with Gasteiger partial charge in [0.05, 0.1) is 0 Å². The number of rotatable bonds is 4. The molecule has 0 heterocycles. The molecule has 0 N–H and O–H groups in total. The zero-order valence-corrected chi connectivity index (χ0v) is 10.4. The van der Waals surface area contributed by atoms with Crippen molar-refractivity contribution < 1.29 is 9.47 Å². The summed E-state index contributed by atoms with van der Waals surface area (Å²) in [6, 6.07) is 18.9. The molecular formula is C14H14O2S. The van der Waals surface area contributed by atoms with Gasteiger partial charge in [-0.05, 0) is 24.3 Å². The summed E-state index contributed by atoms with van der Waals surface area (Å²) in [5.74, 6) is 1.45. The Morgan fingerprint density at radius 3 is 1.47 bits per heavy atom. The quantitative estimate of drug-likeness (QED) is 0.654. The van der Waals surface area contributed by atoms with Crippen LogP contribution in [-0.4, -0.2) is 5.12 Å². The second kappa shape index (κ2) is 5.15. The Morgan fingerprint density at radius 1 is 0.765 bits per heavy atom. The monoisotopic (exact) mass is 246 g/mol. The number of para-hydroxylation sites is 2. The van der Waals surface area contributed by atoms with Crippen molar-refractivity contribution >= 4 is 12.6 Å². The Hall–Kier alpha value is -1.61. The molecule has 88 valence electrons. The van der Waals surface area contributed by atoms with Crippen molar-refractivity contribution in [3.8, 4) is 11.5 Å². The van der Waals surface area contributed by atoms with E-state index in [4.69, 9.17) is 9.47 Å². The molecule has 2 aromatic rings. The van der Waals surface area contributed by atoms with Gasteiger partial charge in [-0.2, -0.15) is 0 Å². The smallest absolute Gasteiger partial charge is 0.295 e. The van der Waals surface area contributed by atoms with Crippen LogP contribution in [0.25, 0.3) is 0 Å². The Labute approximate surface area is 107 Å². The number of thiol groups is 1. The van der Waals surface area contributed by atoms with Crippen molar-refractivity contribution in [2.45, 2.75) is 12.0 Å². The van der Waals surface area contributed by atoms with Gasteiger partial charge in [0.25, 0.3) is 5.12 Å². The summed E-state index contributed by atoms with van der Waals surface area (Å²) in [5.41, 5.74) is 0. The number of benzene rings is 2. The van der Waals surface area contributed by atoms with Crippen LogP contribution in [0.3, 0.4) is 0 Å². The summed E-state index contributed by atoms with van der Waals surface area (Å²) in [4.78, 5) is 0. The second-order valence-corrected chi connectivity index (χ2v) is 4.54. The van der Waals surface area contributed by atoms with E-state index in [1.807, 2.05) is 60.7 Å². The SMILES string of the molecule is CC(S)(Oc1ccccc1)Oc1ccccc1. The highest BCUT2D eigenvalue weighted by Gasteiger charge is 2.23. The first-order valence-electron chi connectivity index (χ1n) is 5.36. The molecule has 2 nitrogen and oxygen atoms in total. The molecule has 0 aliphatic heterocycles. The molecule has 0 saturated heterocycles. The van der Waals surface area contributed by atoms with Crippen LogP contribution in [0, 0.1) is 0 Å². The van der Waals surface area contributed by atoms with Gasteiger partial charge in [-0.3, -0.25) is 0 Å². The summed E-state index contributed by atoms with van der Waals surface area (Å²) in [6.07, 6.45) is 0. The maximum atomic E-state index is 5.65. The van der Waals surface area contributed by atoms with Gasteiger partial charge in [0.15, 0.2) is 0 Å². The Bertz CT molecular complexity index is 411. The van der Waals surface area contributed by atoms with Gasteiger partial charge in [-0.25, -0.2) is 0 Å². The van der Waals surface area contributed by atoms with Crippen molar-refractivity contribution in [1.82, 2.24) is 0 Å². The summed E-state index contributed by atoms with van der Waals surface area (Å²) >= 11 is 4.37. The number of hydrogen-bond acceptors (Lipinski definition) is 3. The van der Waals surface area contributed by atoms with Gasteiger partial charge in [0.1, 0.15) is 11.5 Å². The normalized spacial score (nSPS) is 10.9. The van der Waals surface area contributed by atoms with Gasteiger partial charge in [-0.1, -0.05) is 49.0 Å². The molecule has 0 atom stereocenters. The van der Waals surface area contributed by atoms with Crippen molar-refractivity contribution in [2.24, 2.45) is 0 Å². The average molecular weight is 246 g/mol. The highest BCUT2D eigenvalue weighted by Crippen LogP contribution is 2.25. The van der Waals surface area contributed by atoms with Crippen LogP contribution in [0.5, 0.6) is 11.5 Å². The summed E-state index contributed by atoms with van der Waals surface area (Å²) in [7, 11) is 0. The van der Waals surface area contributed by atoms with Gasteiger partial charge in [0, 0.05) is 6.92 Å². The highest BCUT2D eigenvalue weighted by molar-refractivity contribution is 7.81. The van der Waals surface area contributed by atoms with E-state index >= 15 is 0 Å².